The molecule has 1 fully saturated rings. The molecular formula is C31H33ClN6O6. The number of rotatable bonds is 9. The van der Waals surface area contributed by atoms with Gasteiger partial charge >= 0.3 is 11.9 Å². The minimum Gasteiger partial charge on any atom is -0.497 e. The van der Waals surface area contributed by atoms with E-state index in [1.54, 1.807) is 27.9 Å². The van der Waals surface area contributed by atoms with E-state index < -0.39 is 11.9 Å². The largest absolute Gasteiger partial charge is 0.497 e. The Balaban J connectivity index is 0.000000204. The lowest BCUT2D eigenvalue weighted by atomic mass is 10.1. The van der Waals surface area contributed by atoms with E-state index >= 15 is 0 Å². The molecule has 0 spiro atoms. The minimum atomic E-state index is -0.402. The van der Waals surface area contributed by atoms with Crippen LogP contribution in [-0.2, 0) is 9.47 Å². The Morgan fingerprint density at radius 2 is 1.48 bits per heavy atom. The molecule has 1 saturated carbocycles. The van der Waals surface area contributed by atoms with Crippen LogP contribution in [0.3, 0.4) is 0 Å². The molecule has 0 bridgehead atoms. The maximum atomic E-state index is 12.4. The van der Waals surface area contributed by atoms with E-state index in [0.717, 1.165) is 11.3 Å². The minimum absolute atomic E-state index is 0.295. The molecule has 1 aromatic carbocycles. The van der Waals surface area contributed by atoms with Crippen LogP contribution in [0.15, 0.2) is 30.9 Å². The molecular weight excluding hydrogens is 588 g/mol. The molecule has 5 aromatic rings. The van der Waals surface area contributed by atoms with Gasteiger partial charge in [-0.05, 0) is 64.7 Å². The second kappa shape index (κ2) is 13.3. The van der Waals surface area contributed by atoms with Crippen molar-refractivity contribution in [3.63, 3.8) is 0 Å². The van der Waals surface area contributed by atoms with E-state index in [-0.39, 0.29) is 0 Å². The van der Waals surface area contributed by atoms with Gasteiger partial charge in [0, 0.05) is 17.0 Å². The van der Waals surface area contributed by atoms with Gasteiger partial charge in [-0.25, -0.2) is 29.5 Å². The quantitative estimate of drug-likeness (QED) is 0.148. The molecule has 0 atom stereocenters. The smallest absolute Gasteiger partial charge is 0.342 e. The highest BCUT2D eigenvalue weighted by atomic mass is 35.5. The Bertz CT molecular complexity index is 1830. The number of aryl methyl sites for hydroxylation is 2. The molecule has 0 radical (unpaired) electrons. The number of ether oxygens (including phenoxy) is 4. The number of carbonyl (C=O) groups excluding carboxylic acids is 2. The molecule has 0 aliphatic heterocycles. The number of nitrogens with one attached hydrogen (secondary N) is 2. The molecule has 0 saturated heterocycles. The van der Waals surface area contributed by atoms with Crippen molar-refractivity contribution in [2.45, 2.75) is 40.5 Å². The summed E-state index contributed by atoms with van der Waals surface area (Å²) in [6.45, 7) is 8.44. The average molecular weight is 621 g/mol. The number of H-pyrrole nitrogens is 2. The van der Waals surface area contributed by atoms with Gasteiger partial charge in [0.05, 0.1) is 32.4 Å². The molecule has 4 heterocycles. The Labute approximate surface area is 258 Å². The lowest BCUT2D eigenvalue weighted by molar-refractivity contribution is 0.0517. The van der Waals surface area contributed by atoms with Gasteiger partial charge in [-0.15, -0.1) is 0 Å². The van der Waals surface area contributed by atoms with Crippen molar-refractivity contribution in [2.75, 3.05) is 26.9 Å². The predicted molar refractivity (Wildman–Crippen MR) is 164 cm³/mol. The van der Waals surface area contributed by atoms with Crippen LogP contribution in [0.4, 0.5) is 0 Å². The molecule has 0 unspecified atom stereocenters. The van der Waals surface area contributed by atoms with Gasteiger partial charge in [-0.1, -0.05) is 11.6 Å². The van der Waals surface area contributed by atoms with Crippen LogP contribution in [0.2, 0.25) is 5.15 Å². The van der Waals surface area contributed by atoms with Crippen LogP contribution in [0.5, 0.6) is 11.5 Å². The number of esters is 2. The van der Waals surface area contributed by atoms with Crippen molar-refractivity contribution in [2.24, 2.45) is 5.92 Å². The number of aromatic nitrogens is 6. The van der Waals surface area contributed by atoms with E-state index in [0.29, 0.717) is 86.9 Å². The second-order valence-electron chi connectivity index (χ2n) is 10.1. The summed E-state index contributed by atoms with van der Waals surface area (Å²) in [6, 6.07) is 5.66. The van der Waals surface area contributed by atoms with Crippen LogP contribution in [-0.4, -0.2) is 68.8 Å². The fourth-order valence-electron chi connectivity index (χ4n) is 4.76. The summed E-state index contributed by atoms with van der Waals surface area (Å²) in [5, 5.41) is 0.295. The third-order valence-corrected chi connectivity index (χ3v) is 7.36. The molecule has 6 rings (SSSR count). The van der Waals surface area contributed by atoms with Crippen LogP contribution < -0.4 is 9.47 Å². The Hall–Kier alpha value is -4.71. The monoisotopic (exact) mass is 620 g/mol. The predicted octanol–water partition coefficient (Wildman–Crippen LogP) is 6.00. The molecule has 230 valence electrons. The molecule has 0 amide bonds. The maximum Gasteiger partial charge on any atom is 0.342 e. The maximum absolute atomic E-state index is 12.4. The van der Waals surface area contributed by atoms with Crippen LogP contribution in [0.1, 0.15) is 58.8 Å². The van der Waals surface area contributed by atoms with Crippen LogP contribution in [0, 0.1) is 19.8 Å². The third-order valence-electron chi connectivity index (χ3n) is 7.07. The number of nitrogens with zero attached hydrogens (tertiary/aromatic N) is 4. The number of hydrogen-bond acceptors (Lipinski definition) is 10. The molecule has 2 N–H and O–H groups in total. The number of carbonyl (C=O) groups is 2. The van der Waals surface area contributed by atoms with E-state index in [9.17, 15) is 9.59 Å². The highest BCUT2D eigenvalue weighted by Crippen LogP contribution is 2.38. The fourth-order valence-corrected chi connectivity index (χ4v) is 4.94. The fraction of sp³-hybridized carbons (Fsp3) is 0.355. The van der Waals surface area contributed by atoms with E-state index in [1.807, 2.05) is 25.1 Å². The first-order chi connectivity index (χ1) is 21.3. The SMILES string of the molecule is CCOC(=O)c1c(C)[nH]c2c(-c3cc(OC)ccc3OCC3CC3)ncnc12.CCOC(=O)c1c(C)[nH]c2c(Cl)ncnc12. The molecule has 4 aromatic heterocycles. The highest BCUT2D eigenvalue weighted by molar-refractivity contribution is 6.34. The van der Waals surface area contributed by atoms with Gasteiger partial charge in [0.15, 0.2) is 5.15 Å². The Morgan fingerprint density at radius 1 is 0.886 bits per heavy atom. The van der Waals surface area contributed by atoms with Crippen LogP contribution >= 0.6 is 11.6 Å². The summed E-state index contributed by atoms with van der Waals surface area (Å²) in [6.07, 6.45) is 5.20. The topological polar surface area (TPSA) is 154 Å². The molecule has 1 aliphatic carbocycles. The summed E-state index contributed by atoms with van der Waals surface area (Å²) >= 11 is 5.89. The normalized spacial score (nSPS) is 12.5. The summed E-state index contributed by atoms with van der Waals surface area (Å²) in [7, 11) is 1.62. The van der Waals surface area contributed by atoms with Gasteiger partial charge in [-0.3, -0.25) is 0 Å². The van der Waals surface area contributed by atoms with Crippen LogP contribution in [0.25, 0.3) is 33.3 Å². The van der Waals surface area contributed by atoms with Crippen molar-refractivity contribution < 1.29 is 28.5 Å². The van der Waals surface area contributed by atoms with E-state index in [4.69, 9.17) is 30.5 Å². The number of methoxy groups -OCH3 is 1. The van der Waals surface area contributed by atoms with Gasteiger partial charge in [0.1, 0.15) is 57.5 Å². The average Bonchev–Trinajstić information content (AvgIpc) is 3.68. The zero-order valence-corrected chi connectivity index (χ0v) is 25.9. The Morgan fingerprint density at radius 3 is 2.07 bits per heavy atom. The zero-order chi connectivity index (χ0) is 31.4. The summed E-state index contributed by atoms with van der Waals surface area (Å²) in [5.41, 5.74) is 5.95. The first-order valence-electron chi connectivity index (χ1n) is 14.2. The summed E-state index contributed by atoms with van der Waals surface area (Å²) in [5.74, 6) is 1.27. The molecule has 13 heteroatoms. The van der Waals surface area contributed by atoms with Crippen molar-refractivity contribution in [3.8, 4) is 22.8 Å². The first kappa shape index (κ1) is 30.7. The van der Waals surface area contributed by atoms with E-state index in [1.165, 1.54) is 25.5 Å². The number of fused-ring (bicyclic) bond motifs is 2. The Kier molecular flexibility index (Phi) is 9.29. The van der Waals surface area contributed by atoms with Crippen molar-refractivity contribution in [1.82, 2.24) is 29.9 Å². The van der Waals surface area contributed by atoms with Gasteiger partial charge in [0.25, 0.3) is 0 Å². The summed E-state index contributed by atoms with van der Waals surface area (Å²) in [4.78, 5) is 47.0. The zero-order valence-electron chi connectivity index (χ0n) is 25.1. The number of halogens is 1. The van der Waals surface area contributed by atoms with Crippen molar-refractivity contribution in [1.29, 1.82) is 0 Å². The van der Waals surface area contributed by atoms with E-state index in [2.05, 4.69) is 29.9 Å². The lowest BCUT2D eigenvalue weighted by Crippen LogP contribution is -2.06. The van der Waals surface area contributed by atoms with Crippen molar-refractivity contribution >= 4 is 45.6 Å². The number of hydrogen-bond donors (Lipinski definition) is 2. The highest BCUT2D eigenvalue weighted by Gasteiger charge is 2.25. The third kappa shape index (κ3) is 6.30. The van der Waals surface area contributed by atoms with Gasteiger partial charge < -0.3 is 28.9 Å². The number of benzene rings is 1. The molecule has 44 heavy (non-hydrogen) atoms. The van der Waals surface area contributed by atoms with Gasteiger partial charge in [-0.2, -0.15) is 0 Å². The first-order valence-corrected chi connectivity index (χ1v) is 14.6. The molecule has 1 aliphatic rings. The van der Waals surface area contributed by atoms with Gasteiger partial charge in [0.2, 0.25) is 0 Å². The molecule has 12 nitrogen and oxygen atoms in total. The second-order valence-corrected chi connectivity index (χ2v) is 10.5. The standard InChI is InChI=1S/C21H23N3O4.C10H10ClN3O2/c1-4-27-21(25)17-12(2)24-20-18(22-11-23-19(17)20)15-9-14(26-3)7-8-16(15)28-10-13-5-6-13;1-3-16-10(15)6-5(2)14-8-7(6)12-4-13-9(8)11/h7-9,11,13,24H,4-6,10H2,1-3H3;4,14H,3H2,1-2H3. The lowest BCUT2D eigenvalue weighted by Gasteiger charge is -2.13. The summed E-state index contributed by atoms with van der Waals surface area (Å²) < 4.78 is 21.6. The number of aromatic amines is 2. The van der Waals surface area contributed by atoms with Crippen molar-refractivity contribution in [3.05, 3.63) is 58.5 Å².